The van der Waals surface area contributed by atoms with Crippen LogP contribution in [0.3, 0.4) is 0 Å². The summed E-state index contributed by atoms with van der Waals surface area (Å²) in [6, 6.07) is 0. The quantitative estimate of drug-likeness (QED) is 0.357. The number of hydrogen-bond acceptors (Lipinski definition) is 3. The number of rotatable bonds is 3. The average Bonchev–Trinajstić information content (AvgIpc) is 2.77. The third-order valence-corrected chi connectivity index (χ3v) is 0.673. The Kier molecular flexibility index (Phi) is 526. The van der Waals surface area contributed by atoms with Crippen LogP contribution >= 0.6 is 0 Å². The molecule has 0 saturated heterocycles. The van der Waals surface area contributed by atoms with Gasteiger partial charge in [0.2, 0.25) is 0 Å². The van der Waals surface area contributed by atoms with Crippen LogP contribution < -0.4 is 0 Å². The molecule has 0 aromatic rings. The van der Waals surface area contributed by atoms with Crippen molar-refractivity contribution >= 4 is 5.97 Å². The van der Waals surface area contributed by atoms with Crippen molar-refractivity contribution in [3.05, 3.63) is 117 Å². The Hall–Kier alpha value is -2.91. The van der Waals surface area contributed by atoms with E-state index in [2.05, 4.69) is 117 Å². The van der Waals surface area contributed by atoms with E-state index < -0.39 is 5.97 Å². The minimum absolute atomic E-state index is 0.0473. The van der Waals surface area contributed by atoms with Crippen LogP contribution in [0.15, 0.2) is 117 Å². The molecule has 25 heavy (non-hydrogen) atoms. The Labute approximate surface area is 158 Å². The van der Waals surface area contributed by atoms with Crippen LogP contribution in [0.2, 0.25) is 0 Å². The first-order chi connectivity index (χ1) is 12.2. The summed E-state index contributed by atoms with van der Waals surface area (Å²) in [6.45, 7) is 52.8. The first-order valence-corrected chi connectivity index (χ1v) is 6.62. The number of carbonyl (C=O) groups excluding carboxylic acids is 1. The predicted octanol–water partition coefficient (Wildman–Crippen LogP) is 6.52. The van der Waals surface area contributed by atoms with Gasteiger partial charge in [-0.15, -0.1) is 105 Å². The van der Waals surface area contributed by atoms with Gasteiger partial charge in [0.05, 0.1) is 6.61 Å². The lowest BCUT2D eigenvalue weighted by Gasteiger charge is -1.99. The van der Waals surface area contributed by atoms with Crippen molar-refractivity contribution in [1.82, 2.24) is 0 Å². The summed E-state index contributed by atoms with van der Waals surface area (Å²) in [7, 11) is 0. The standard InChI is InChI=1S/C6H10O3.8C2H4/c1-5(2)6(8)9-4-3-7;8*1-2/h7H,1,3-4H2,2H3;8*1-2H2. The van der Waals surface area contributed by atoms with Crippen molar-refractivity contribution in [2.24, 2.45) is 0 Å². The minimum atomic E-state index is -0.455. The molecule has 0 heterocycles. The van der Waals surface area contributed by atoms with Gasteiger partial charge in [-0.05, 0) is 6.92 Å². The van der Waals surface area contributed by atoms with Crippen LogP contribution in [0.4, 0.5) is 0 Å². The number of ether oxygens (including phenoxy) is 1. The first-order valence-electron chi connectivity index (χ1n) is 6.62. The van der Waals surface area contributed by atoms with Crippen molar-refractivity contribution in [2.75, 3.05) is 13.2 Å². The van der Waals surface area contributed by atoms with Crippen LogP contribution in [0.5, 0.6) is 0 Å². The maximum atomic E-state index is 10.5. The number of hydrogen-bond donors (Lipinski definition) is 1. The fraction of sp³-hybridized carbons (Fsp3) is 0.136. The number of esters is 1. The van der Waals surface area contributed by atoms with Crippen molar-refractivity contribution < 1.29 is 14.6 Å². The smallest absolute Gasteiger partial charge is 0.333 e. The van der Waals surface area contributed by atoms with E-state index in [4.69, 9.17) is 5.11 Å². The lowest BCUT2D eigenvalue weighted by Crippen LogP contribution is -2.08. The van der Waals surface area contributed by atoms with Crippen LogP contribution in [0, 0.1) is 0 Å². The van der Waals surface area contributed by atoms with E-state index >= 15 is 0 Å². The molecule has 0 saturated carbocycles. The highest BCUT2D eigenvalue weighted by atomic mass is 16.5. The second-order valence-corrected chi connectivity index (χ2v) is 1.64. The first kappa shape index (κ1) is 57.3. The van der Waals surface area contributed by atoms with Crippen LogP contribution in [0.25, 0.3) is 0 Å². The van der Waals surface area contributed by atoms with Gasteiger partial charge >= 0.3 is 5.97 Å². The maximum Gasteiger partial charge on any atom is 0.333 e. The zero-order chi connectivity index (χ0) is 23.3. The van der Waals surface area contributed by atoms with Crippen LogP contribution in [0.1, 0.15) is 6.92 Å². The van der Waals surface area contributed by atoms with Gasteiger partial charge in [-0.25, -0.2) is 4.79 Å². The summed E-state index contributed by atoms with van der Waals surface area (Å²) in [5, 5.41) is 8.19. The fourth-order valence-corrected chi connectivity index (χ4v) is 0.262. The summed E-state index contributed by atoms with van der Waals surface area (Å²) in [5.74, 6) is -0.455. The predicted molar refractivity (Wildman–Crippen MR) is 123 cm³/mol. The summed E-state index contributed by atoms with van der Waals surface area (Å²) in [5.41, 5.74) is 0.350. The van der Waals surface area contributed by atoms with E-state index in [1.165, 1.54) is 0 Å². The van der Waals surface area contributed by atoms with E-state index in [9.17, 15) is 4.79 Å². The van der Waals surface area contributed by atoms with Gasteiger partial charge in [-0.2, -0.15) is 0 Å². The molecule has 3 heteroatoms. The molecule has 0 fully saturated rings. The Morgan fingerprint density at radius 2 is 0.880 bits per heavy atom. The van der Waals surface area contributed by atoms with Gasteiger partial charge in [0.1, 0.15) is 6.61 Å². The minimum Gasteiger partial charge on any atom is -0.460 e. The second kappa shape index (κ2) is 230. The van der Waals surface area contributed by atoms with Gasteiger partial charge in [-0.1, -0.05) is 6.58 Å². The van der Waals surface area contributed by atoms with Crippen molar-refractivity contribution in [3.63, 3.8) is 0 Å². The molecule has 0 aliphatic heterocycles. The molecule has 0 aromatic heterocycles. The molecule has 0 aliphatic carbocycles. The number of aliphatic hydroxyl groups is 1. The molecule has 1 N–H and O–H groups in total. The van der Waals surface area contributed by atoms with Crippen LogP contribution in [-0.4, -0.2) is 24.3 Å². The molecular formula is C22H42O3. The van der Waals surface area contributed by atoms with Crippen LogP contribution in [-0.2, 0) is 9.53 Å². The molecular weight excluding hydrogens is 312 g/mol. The second-order valence-electron chi connectivity index (χ2n) is 1.64. The molecule has 0 aromatic carbocycles. The normalized spacial score (nSPS) is 4.40. The van der Waals surface area contributed by atoms with E-state index in [0.29, 0.717) is 5.57 Å². The summed E-state index contributed by atoms with van der Waals surface area (Å²) < 4.78 is 4.46. The van der Waals surface area contributed by atoms with E-state index in [1.807, 2.05) is 0 Å². The summed E-state index contributed by atoms with van der Waals surface area (Å²) in [4.78, 5) is 10.5. The lowest BCUT2D eigenvalue weighted by atomic mass is 10.4. The Bertz CT molecular complexity index is 189. The zero-order valence-electron chi connectivity index (χ0n) is 16.7. The molecule has 3 nitrogen and oxygen atoms in total. The highest BCUT2D eigenvalue weighted by Gasteiger charge is 1.99. The van der Waals surface area contributed by atoms with E-state index in [1.54, 1.807) is 6.92 Å². The number of carbonyl (C=O) groups is 1. The molecule has 148 valence electrons. The van der Waals surface area contributed by atoms with Crippen molar-refractivity contribution in [3.8, 4) is 0 Å². The molecule has 0 amide bonds. The van der Waals surface area contributed by atoms with E-state index in [0.717, 1.165) is 0 Å². The summed E-state index contributed by atoms with van der Waals surface area (Å²) in [6.07, 6.45) is 0. The van der Waals surface area contributed by atoms with Gasteiger partial charge in [0.25, 0.3) is 0 Å². The summed E-state index contributed by atoms with van der Waals surface area (Å²) >= 11 is 0. The molecule has 0 rings (SSSR count). The average molecular weight is 355 g/mol. The SMILES string of the molecule is C=C.C=C.C=C.C=C.C=C.C=C.C=C.C=C.C=C(C)C(=O)OCCO. The lowest BCUT2D eigenvalue weighted by molar-refractivity contribution is -0.139. The third kappa shape index (κ3) is 297. The van der Waals surface area contributed by atoms with Gasteiger partial charge < -0.3 is 9.84 Å². The topological polar surface area (TPSA) is 46.5 Å². The Morgan fingerprint density at radius 3 is 1.00 bits per heavy atom. The molecule has 0 unspecified atom stereocenters. The monoisotopic (exact) mass is 354 g/mol. The third-order valence-electron chi connectivity index (χ3n) is 0.673. The Balaban J connectivity index is -0.0000000194. The molecule has 0 spiro atoms. The highest BCUT2D eigenvalue weighted by Crippen LogP contribution is 1.89. The van der Waals surface area contributed by atoms with E-state index in [-0.39, 0.29) is 13.2 Å². The number of aliphatic hydroxyl groups excluding tert-OH is 1. The Morgan fingerprint density at radius 1 is 0.680 bits per heavy atom. The molecule has 0 bridgehead atoms. The van der Waals surface area contributed by atoms with Gasteiger partial charge in [0.15, 0.2) is 0 Å². The van der Waals surface area contributed by atoms with Crippen molar-refractivity contribution in [1.29, 1.82) is 0 Å². The fourth-order valence-electron chi connectivity index (χ4n) is 0.262. The molecule has 0 aliphatic rings. The van der Waals surface area contributed by atoms with Crippen molar-refractivity contribution in [2.45, 2.75) is 6.92 Å². The van der Waals surface area contributed by atoms with Gasteiger partial charge in [-0.3, -0.25) is 0 Å². The highest BCUT2D eigenvalue weighted by molar-refractivity contribution is 5.86. The molecule has 0 radical (unpaired) electrons. The zero-order valence-corrected chi connectivity index (χ0v) is 16.7. The molecule has 0 atom stereocenters. The largest absolute Gasteiger partial charge is 0.460 e. The maximum absolute atomic E-state index is 10.5. The van der Waals surface area contributed by atoms with Gasteiger partial charge in [0, 0.05) is 5.57 Å².